The monoisotopic (exact) mass is 333 g/mol. The maximum atomic E-state index is 6.42. The zero-order chi connectivity index (χ0) is 14.7. The van der Waals surface area contributed by atoms with Crippen molar-refractivity contribution in [3.8, 4) is 5.75 Å². The van der Waals surface area contributed by atoms with Crippen LogP contribution in [0.2, 0.25) is 0 Å². The van der Waals surface area contributed by atoms with Gasteiger partial charge in [0.2, 0.25) is 0 Å². The highest BCUT2D eigenvalue weighted by Gasteiger charge is 2.15. The van der Waals surface area contributed by atoms with Crippen LogP contribution < -0.4 is 10.5 Å². The summed E-state index contributed by atoms with van der Waals surface area (Å²) < 4.78 is 6.48. The van der Waals surface area contributed by atoms with Gasteiger partial charge in [-0.2, -0.15) is 0 Å². The van der Waals surface area contributed by atoms with E-state index in [1.165, 1.54) is 11.1 Å². The molecule has 0 aromatic heterocycles. The lowest BCUT2D eigenvalue weighted by Crippen LogP contribution is -2.14. The molecule has 0 heterocycles. The molecule has 106 valence electrons. The predicted octanol–water partition coefficient (Wildman–Crippen LogP) is 4.51. The molecule has 20 heavy (non-hydrogen) atoms. The Morgan fingerprint density at radius 3 is 2.40 bits per heavy atom. The van der Waals surface area contributed by atoms with Crippen LogP contribution in [0.25, 0.3) is 0 Å². The van der Waals surface area contributed by atoms with Crippen LogP contribution in [0.1, 0.15) is 35.2 Å². The van der Waals surface area contributed by atoms with E-state index in [0.29, 0.717) is 6.61 Å². The summed E-state index contributed by atoms with van der Waals surface area (Å²) in [6, 6.07) is 12.2. The van der Waals surface area contributed by atoms with Gasteiger partial charge in [-0.25, -0.2) is 0 Å². The number of ether oxygens (including phenoxy) is 1. The average Bonchev–Trinajstić information content (AvgIpc) is 2.38. The molecule has 0 aliphatic rings. The van der Waals surface area contributed by atoms with Crippen molar-refractivity contribution in [1.29, 1.82) is 0 Å². The minimum Gasteiger partial charge on any atom is -0.494 e. The first-order valence-electron chi connectivity index (χ1n) is 6.78. The molecule has 0 saturated carbocycles. The molecule has 0 radical (unpaired) electrons. The second-order valence-electron chi connectivity index (χ2n) is 4.95. The lowest BCUT2D eigenvalue weighted by atomic mass is 9.94. The maximum Gasteiger partial charge on any atom is 0.120 e. The summed E-state index contributed by atoms with van der Waals surface area (Å²) >= 11 is 3.59. The molecule has 2 N–H and O–H groups in total. The molecule has 0 spiro atoms. The fraction of sp³-hybridized carbons (Fsp3) is 0.294. The molecule has 1 atom stereocenters. The second-order valence-corrected chi connectivity index (χ2v) is 5.81. The maximum absolute atomic E-state index is 6.42. The van der Waals surface area contributed by atoms with Crippen LogP contribution >= 0.6 is 15.9 Å². The first-order chi connectivity index (χ1) is 9.52. The van der Waals surface area contributed by atoms with Gasteiger partial charge in [-0.05, 0) is 49.6 Å². The van der Waals surface area contributed by atoms with Gasteiger partial charge in [0.05, 0.1) is 12.6 Å². The van der Waals surface area contributed by atoms with Crippen molar-refractivity contribution in [2.24, 2.45) is 5.73 Å². The summed E-state index contributed by atoms with van der Waals surface area (Å²) in [6.45, 7) is 6.83. The van der Waals surface area contributed by atoms with E-state index in [-0.39, 0.29) is 6.04 Å². The summed E-state index contributed by atoms with van der Waals surface area (Å²) in [5.74, 6) is 0.857. The van der Waals surface area contributed by atoms with E-state index in [4.69, 9.17) is 10.5 Å². The number of hydrogen-bond donors (Lipinski definition) is 1. The number of halogens is 1. The van der Waals surface area contributed by atoms with Crippen LogP contribution in [-0.2, 0) is 0 Å². The lowest BCUT2D eigenvalue weighted by Gasteiger charge is -2.18. The third-order valence-corrected chi connectivity index (χ3v) is 4.07. The van der Waals surface area contributed by atoms with E-state index in [1.54, 1.807) is 0 Å². The standard InChI is InChI=1S/C17H20BrNO/c1-4-20-13-6-8-15(16(18)10-13)17(19)14-7-5-11(2)9-12(14)3/h5-10,17H,4,19H2,1-3H3. The van der Waals surface area contributed by atoms with E-state index in [2.05, 4.69) is 48.0 Å². The Balaban J connectivity index is 2.35. The van der Waals surface area contributed by atoms with Crippen LogP contribution in [0.15, 0.2) is 40.9 Å². The highest BCUT2D eigenvalue weighted by Crippen LogP contribution is 2.31. The zero-order valence-corrected chi connectivity index (χ0v) is 13.7. The topological polar surface area (TPSA) is 35.2 Å². The minimum atomic E-state index is -0.138. The summed E-state index contributed by atoms with van der Waals surface area (Å²) in [4.78, 5) is 0. The number of nitrogens with two attached hydrogens (primary N) is 1. The van der Waals surface area contributed by atoms with Gasteiger partial charge in [0, 0.05) is 4.47 Å². The smallest absolute Gasteiger partial charge is 0.120 e. The normalized spacial score (nSPS) is 12.2. The zero-order valence-electron chi connectivity index (χ0n) is 12.1. The molecule has 0 aliphatic carbocycles. The highest BCUT2D eigenvalue weighted by molar-refractivity contribution is 9.10. The second kappa shape index (κ2) is 6.42. The Kier molecular flexibility index (Phi) is 4.84. The number of rotatable bonds is 4. The highest BCUT2D eigenvalue weighted by atomic mass is 79.9. The van der Waals surface area contributed by atoms with Crippen molar-refractivity contribution in [2.45, 2.75) is 26.8 Å². The van der Waals surface area contributed by atoms with Gasteiger partial charge in [0.25, 0.3) is 0 Å². The third-order valence-electron chi connectivity index (χ3n) is 3.38. The molecule has 1 unspecified atom stereocenters. The molecule has 2 nitrogen and oxygen atoms in total. The molecule has 2 aromatic carbocycles. The Morgan fingerprint density at radius 2 is 1.80 bits per heavy atom. The fourth-order valence-corrected chi connectivity index (χ4v) is 2.96. The van der Waals surface area contributed by atoms with Gasteiger partial charge in [-0.15, -0.1) is 0 Å². The van der Waals surface area contributed by atoms with Crippen LogP contribution in [0.3, 0.4) is 0 Å². The van der Waals surface area contributed by atoms with Gasteiger partial charge < -0.3 is 10.5 Å². The van der Waals surface area contributed by atoms with Crippen LogP contribution in [0, 0.1) is 13.8 Å². The Bertz CT molecular complexity index is 610. The predicted molar refractivity (Wildman–Crippen MR) is 87.3 cm³/mol. The van der Waals surface area contributed by atoms with Gasteiger partial charge in [-0.1, -0.05) is 45.8 Å². The Morgan fingerprint density at radius 1 is 1.10 bits per heavy atom. The summed E-state index contributed by atoms with van der Waals surface area (Å²) in [7, 11) is 0. The Hall–Kier alpha value is -1.32. The van der Waals surface area contributed by atoms with Crippen LogP contribution in [0.5, 0.6) is 5.75 Å². The minimum absolute atomic E-state index is 0.138. The van der Waals surface area contributed by atoms with E-state index in [9.17, 15) is 0 Å². The van der Waals surface area contributed by atoms with Crippen LogP contribution in [-0.4, -0.2) is 6.61 Å². The largest absolute Gasteiger partial charge is 0.494 e. The van der Waals surface area contributed by atoms with Gasteiger partial charge in [-0.3, -0.25) is 0 Å². The third kappa shape index (κ3) is 3.22. The molecule has 2 aromatic rings. The molecule has 2 rings (SSSR count). The molecule has 0 bridgehead atoms. The van der Waals surface area contributed by atoms with Gasteiger partial charge in [0.15, 0.2) is 0 Å². The fourth-order valence-electron chi connectivity index (χ4n) is 2.36. The van der Waals surface area contributed by atoms with Gasteiger partial charge in [0.1, 0.15) is 5.75 Å². The van der Waals surface area contributed by atoms with E-state index < -0.39 is 0 Å². The van der Waals surface area contributed by atoms with E-state index in [1.807, 2.05) is 25.1 Å². The van der Waals surface area contributed by atoms with E-state index in [0.717, 1.165) is 21.3 Å². The number of hydrogen-bond acceptors (Lipinski definition) is 2. The SMILES string of the molecule is CCOc1ccc(C(N)c2ccc(C)cc2C)c(Br)c1. The molecule has 0 fully saturated rings. The first kappa shape index (κ1) is 15.1. The molecular formula is C17H20BrNO. The van der Waals surface area contributed by atoms with Crippen molar-refractivity contribution in [2.75, 3.05) is 6.61 Å². The summed E-state index contributed by atoms with van der Waals surface area (Å²) in [5, 5.41) is 0. The lowest BCUT2D eigenvalue weighted by molar-refractivity contribution is 0.340. The summed E-state index contributed by atoms with van der Waals surface area (Å²) in [5.41, 5.74) is 11.1. The quantitative estimate of drug-likeness (QED) is 0.893. The number of benzene rings is 2. The Labute approximate surface area is 129 Å². The van der Waals surface area contributed by atoms with Crippen LogP contribution in [0.4, 0.5) is 0 Å². The van der Waals surface area contributed by atoms with Crippen molar-refractivity contribution >= 4 is 15.9 Å². The van der Waals surface area contributed by atoms with Gasteiger partial charge >= 0.3 is 0 Å². The summed E-state index contributed by atoms with van der Waals surface area (Å²) in [6.07, 6.45) is 0. The van der Waals surface area contributed by atoms with Crippen molar-refractivity contribution in [1.82, 2.24) is 0 Å². The van der Waals surface area contributed by atoms with E-state index >= 15 is 0 Å². The van der Waals surface area contributed by atoms with Crippen molar-refractivity contribution < 1.29 is 4.74 Å². The molecular weight excluding hydrogens is 314 g/mol. The molecule has 3 heteroatoms. The van der Waals surface area contributed by atoms with Crippen molar-refractivity contribution in [3.63, 3.8) is 0 Å². The number of aryl methyl sites for hydroxylation is 2. The first-order valence-corrected chi connectivity index (χ1v) is 7.57. The molecule has 0 amide bonds. The average molecular weight is 334 g/mol. The van der Waals surface area contributed by atoms with Crippen molar-refractivity contribution in [3.05, 3.63) is 63.1 Å². The molecule has 0 aliphatic heterocycles. The molecule has 0 saturated heterocycles.